The van der Waals surface area contributed by atoms with Gasteiger partial charge in [-0.2, -0.15) is 4.68 Å². The Morgan fingerprint density at radius 2 is 2.15 bits per heavy atom. The highest BCUT2D eigenvalue weighted by atomic mass is 16.5. The first-order valence-electron chi connectivity index (χ1n) is 8.93. The van der Waals surface area contributed by atoms with Crippen LogP contribution in [0, 0.1) is 0 Å². The summed E-state index contributed by atoms with van der Waals surface area (Å²) in [5, 5.41) is 14.6. The largest absolute Gasteiger partial charge is 0.493 e. The summed E-state index contributed by atoms with van der Waals surface area (Å²) in [6.07, 6.45) is 3.23. The maximum atomic E-state index is 12.1. The molecule has 9 heteroatoms. The topological polar surface area (TPSA) is 117 Å². The molecule has 0 radical (unpaired) electrons. The van der Waals surface area contributed by atoms with Gasteiger partial charge in [-0.1, -0.05) is 30.9 Å². The van der Waals surface area contributed by atoms with E-state index in [1.165, 1.54) is 4.68 Å². The van der Waals surface area contributed by atoms with Crippen LogP contribution in [0.2, 0.25) is 0 Å². The number of hydrogen-bond acceptors (Lipinski definition) is 7. The number of primary amides is 1. The average molecular weight is 372 g/mol. The number of rotatable bonds is 8. The number of benzene rings is 1. The van der Waals surface area contributed by atoms with Gasteiger partial charge in [0.05, 0.1) is 19.3 Å². The second kappa shape index (κ2) is 8.07. The van der Waals surface area contributed by atoms with Crippen molar-refractivity contribution >= 4 is 11.9 Å². The lowest BCUT2D eigenvalue weighted by Crippen LogP contribution is -2.31. The predicted molar refractivity (Wildman–Crippen MR) is 99.5 cm³/mol. The van der Waals surface area contributed by atoms with Gasteiger partial charge in [-0.15, -0.1) is 0 Å². The van der Waals surface area contributed by atoms with Crippen molar-refractivity contribution in [2.45, 2.75) is 39.2 Å². The van der Waals surface area contributed by atoms with Crippen molar-refractivity contribution < 1.29 is 14.3 Å². The smallest absolute Gasteiger partial charge is 0.248 e. The van der Waals surface area contributed by atoms with Gasteiger partial charge in [-0.25, -0.2) is 0 Å². The average Bonchev–Trinajstić information content (AvgIpc) is 3.11. The zero-order chi connectivity index (χ0) is 19.4. The van der Waals surface area contributed by atoms with Crippen molar-refractivity contribution in [2.24, 2.45) is 5.73 Å². The molecule has 2 heterocycles. The minimum atomic E-state index is -0.545. The Morgan fingerprint density at radius 3 is 2.85 bits per heavy atom. The normalized spacial score (nSPS) is 15.9. The van der Waals surface area contributed by atoms with Crippen molar-refractivity contribution in [3.8, 4) is 11.5 Å². The molecule has 27 heavy (non-hydrogen) atoms. The number of carbonyl (C=O) groups excluding carboxylic acids is 1. The first-order valence-corrected chi connectivity index (χ1v) is 8.93. The summed E-state index contributed by atoms with van der Waals surface area (Å²) in [6.45, 7) is 4.54. The quantitative estimate of drug-likeness (QED) is 0.681. The second-order valence-corrected chi connectivity index (χ2v) is 6.34. The fourth-order valence-corrected chi connectivity index (χ4v) is 3.15. The number of unbranched alkanes of at least 4 members (excludes halogenated alkanes) is 2. The van der Waals surface area contributed by atoms with Crippen LogP contribution in [-0.4, -0.2) is 39.8 Å². The van der Waals surface area contributed by atoms with Crippen LogP contribution >= 0.6 is 0 Å². The summed E-state index contributed by atoms with van der Waals surface area (Å²) in [4.78, 5) is 12.1. The predicted octanol–water partition coefficient (Wildman–Crippen LogP) is 2.02. The molecule has 3 N–H and O–H groups in total. The number of fused-ring (bicyclic) bond motifs is 1. The van der Waals surface area contributed by atoms with Crippen molar-refractivity contribution in [1.29, 1.82) is 0 Å². The maximum Gasteiger partial charge on any atom is 0.248 e. The van der Waals surface area contributed by atoms with Crippen molar-refractivity contribution in [1.82, 2.24) is 20.2 Å². The highest BCUT2D eigenvalue weighted by Gasteiger charge is 2.33. The van der Waals surface area contributed by atoms with E-state index in [-0.39, 0.29) is 0 Å². The van der Waals surface area contributed by atoms with Crippen molar-refractivity contribution in [2.75, 3.05) is 19.0 Å². The summed E-state index contributed by atoms with van der Waals surface area (Å²) >= 11 is 0. The Bertz CT molecular complexity index is 861. The SMILES string of the molecule is CCCCCOc1ccc([C@@H]2C(C(N)=O)=C(C)Nc3nnnn32)cc1OC. The number of methoxy groups -OCH3 is 1. The minimum absolute atomic E-state index is 0.397. The van der Waals surface area contributed by atoms with Crippen LogP contribution in [-0.2, 0) is 4.79 Å². The van der Waals surface area contributed by atoms with E-state index in [0.29, 0.717) is 35.3 Å². The fraction of sp³-hybridized carbons (Fsp3) is 0.444. The third-order valence-electron chi connectivity index (χ3n) is 4.49. The zero-order valence-corrected chi connectivity index (χ0v) is 15.7. The highest BCUT2D eigenvalue weighted by molar-refractivity contribution is 5.95. The number of amides is 1. The number of nitrogens with zero attached hydrogens (tertiary/aromatic N) is 4. The Morgan fingerprint density at radius 1 is 1.33 bits per heavy atom. The molecule has 144 valence electrons. The lowest BCUT2D eigenvalue weighted by molar-refractivity contribution is -0.115. The molecule has 0 fully saturated rings. The van der Waals surface area contributed by atoms with E-state index in [1.807, 2.05) is 18.2 Å². The Balaban J connectivity index is 1.96. The number of allylic oxidation sites excluding steroid dienone is 1. The number of ether oxygens (including phenoxy) is 2. The van der Waals surface area contributed by atoms with Gasteiger partial charge in [-0.05, 0) is 41.5 Å². The molecule has 1 aromatic carbocycles. The third-order valence-corrected chi connectivity index (χ3v) is 4.49. The van der Waals surface area contributed by atoms with Crippen LogP contribution in [0.25, 0.3) is 0 Å². The lowest BCUT2D eigenvalue weighted by Gasteiger charge is -2.27. The van der Waals surface area contributed by atoms with E-state index in [4.69, 9.17) is 15.2 Å². The first-order chi connectivity index (χ1) is 13.1. The standard InChI is InChI=1S/C18H24N6O3/c1-4-5-6-9-27-13-8-7-12(10-14(13)26-3)16-15(17(19)25)11(2)20-18-21-22-23-24(16)18/h7-8,10,16H,4-6,9H2,1-3H3,(H2,19,25)(H,20,21,23)/t16-/m1/s1. The molecule has 1 atom stereocenters. The van der Waals surface area contributed by atoms with E-state index < -0.39 is 11.9 Å². The van der Waals surface area contributed by atoms with Crippen LogP contribution < -0.4 is 20.5 Å². The molecule has 9 nitrogen and oxygen atoms in total. The van der Waals surface area contributed by atoms with Crippen LogP contribution in [0.1, 0.15) is 44.7 Å². The lowest BCUT2D eigenvalue weighted by atomic mass is 9.95. The van der Waals surface area contributed by atoms with Crippen molar-refractivity contribution in [3.63, 3.8) is 0 Å². The molecule has 1 aromatic heterocycles. The van der Waals surface area contributed by atoms with Gasteiger partial charge in [0.2, 0.25) is 11.9 Å². The summed E-state index contributed by atoms with van der Waals surface area (Å²) in [6, 6.07) is 4.99. The van der Waals surface area contributed by atoms with Gasteiger partial charge in [0.15, 0.2) is 11.5 Å². The maximum absolute atomic E-state index is 12.1. The zero-order valence-electron chi connectivity index (χ0n) is 15.7. The van der Waals surface area contributed by atoms with Gasteiger partial charge in [0, 0.05) is 5.70 Å². The molecule has 1 aliphatic heterocycles. The van der Waals surface area contributed by atoms with Crippen LogP contribution in [0.4, 0.5) is 5.95 Å². The molecule has 1 amide bonds. The highest BCUT2D eigenvalue weighted by Crippen LogP contribution is 2.38. The number of nitrogens with two attached hydrogens (primary N) is 1. The summed E-state index contributed by atoms with van der Waals surface area (Å²) in [5.41, 5.74) is 7.42. The molecule has 0 bridgehead atoms. The number of carbonyl (C=O) groups is 1. The van der Waals surface area contributed by atoms with Crippen LogP contribution in [0.5, 0.6) is 11.5 Å². The fourth-order valence-electron chi connectivity index (χ4n) is 3.15. The molecule has 0 unspecified atom stereocenters. The van der Waals surface area contributed by atoms with E-state index in [2.05, 4.69) is 27.8 Å². The molecule has 0 saturated heterocycles. The Hall–Kier alpha value is -3.10. The summed E-state index contributed by atoms with van der Waals surface area (Å²) in [7, 11) is 1.58. The van der Waals surface area contributed by atoms with Gasteiger partial charge in [0.25, 0.3) is 0 Å². The van der Waals surface area contributed by atoms with Gasteiger partial charge in [0.1, 0.15) is 6.04 Å². The number of aromatic nitrogens is 4. The minimum Gasteiger partial charge on any atom is -0.493 e. The Labute approximate surface area is 157 Å². The molecular formula is C18H24N6O3. The Kier molecular flexibility index (Phi) is 5.58. The van der Waals surface area contributed by atoms with Crippen LogP contribution in [0.3, 0.4) is 0 Å². The molecule has 1 aliphatic rings. The van der Waals surface area contributed by atoms with Crippen molar-refractivity contribution in [3.05, 3.63) is 35.0 Å². The number of hydrogen-bond donors (Lipinski definition) is 2. The number of anilines is 1. The van der Waals surface area contributed by atoms with E-state index >= 15 is 0 Å². The summed E-state index contributed by atoms with van der Waals surface area (Å²) < 4.78 is 12.9. The third kappa shape index (κ3) is 3.71. The first kappa shape index (κ1) is 18.7. The van der Waals surface area contributed by atoms with E-state index in [0.717, 1.165) is 24.8 Å². The van der Waals surface area contributed by atoms with Crippen LogP contribution in [0.15, 0.2) is 29.5 Å². The van der Waals surface area contributed by atoms with Gasteiger partial charge < -0.3 is 20.5 Å². The number of nitrogens with one attached hydrogen (secondary N) is 1. The number of tetrazole rings is 1. The molecule has 3 rings (SSSR count). The second-order valence-electron chi connectivity index (χ2n) is 6.34. The van der Waals surface area contributed by atoms with E-state index in [1.54, 1.807) is 14.0 Å². The monoisotopic (exact) mass is 372 g/mol. The molecular weight excluding hydrogens is 348 g/mol. The molecule has 2 aromatic rings. The van der Waals surface area contributed by atoms with E-state index in [9.17, 15) is 4.79 Å². The van der Waals surface area contributed by atoms with Gasteiger partial charge >= 0.3 is 0 Å². The molecule has 0 spiro atoms. The molecule has 0 aliphatic carbocycles. The summed E-state index contributed by atoms with van der Waals surface area (Å²) in [5.74, 6) is 1.15. The van der Waals surface area contributed by atoms with Gasteiger partial charge in [-0.3, -0.25) is 4.79 Å². The molecule has 0 saturated carbocycles.